The van der Waals surface area contributed by atoms with E-state index in [1.165, 1.54) is 0 Å². The summed E-state index contributed by atoms with van der Waals surface area (Å²) in [5, 5.41) is 6.46. The number of alkyl halides is 1. The quantitative estimate of drug-likeness (QED) is 0.711. The smallest absolute Gasteiger partial charge is 0.242 e. The third-order valence-electron chi connectivity index (χ3n) is 3.40. The van der Waals surface area contributed by atoms with Gasteiger partial charge in [-0.2, -0.15) is 5.10 Å². The first-order chi connectivity index (χ1) is 11.0. The predicted molar refractivity (Wildman–Crippen MR) is 94.6 cm³/mol. The molecule has 23 heavy (non-hydrogen) atoms. The van der Waals surface area contributed by atoms with Gasteiger partial charge in [0.25, 0.3) is 0 Å². The number of rotatable bonds is 7. The molecule has 126 valence electrons. The summed E-state index contributed by atoms with van der Waals surface area (Å²) < 4.78 is 7.23. The molecule has 2 aromatic rings. The van der Waals surface area contributed by atoms with Crippen molar-refractivity contribution in [2.24, 2.45) is 5.92 Å². The summed E-state index contributed by atoms with van der Waals surface area (Å²) in [5.74, 6) is 1.06. The maximum atomic E-state index is 12.3. The number of halogens is 1. The summed E-state index contributed by atoms with van der Waals surface area (Å²) in [5.41, 5.74) is 1.62. The van der Waals surface area contributed by atoms with Crippen LogP contribution in [0.2, 0.25) is 0 Å². The van der Waals surface area contributed by atoms with Crippen LogP contribution >= 0.6 is 22.9 Å². The number of hydrogen-bond acceptors (Lipinski definition) is 4. The molecule has 7 heteroatoms. The van der Waals surface area contributed by atoms with E-state index in [-0.39, 0.29) is 11.8 Å². The van der Waals surface area contributed by atoms with Crippen LogP contribution in [0.1, 0.15) is 24.4 Å². The number of aromatic nitrogens is 2. The average Bonchev–Trinajstić information content (AvgIpc) is 3.09. The first-order valence-corrected chi connectivity index (χ1v) is 8.88. The Bertz CT molecular complexity index is 666. The Balaban J connectivity index is 2.32. The summed E-state index contributed by atoms with van der Waals surface area (Å²) in [6.45, 7) is 7.42. The van der Waals surface area contributed by atoms with Gasteiger partial charge in [-0.05, 0) is 24.3 Å². The Kier molecular flexibility index (Phi) is 6.07. The van der Waals surface area contributed by atoms with E-state index in [1.54, 1.807) is 23.3 Å². The largest absolute Gasteiger partial charge is 0.496 e. The Labute approximate surface area is 145 Å². The molecule has 0 fully saturated rings. The number of amides is 1. The van der Waals surface area contributed by atoms with E-state index in [0.29, 0.717) is 12.5 Å². The van der Waals surface area contributed by atoms with Gasteiger partial charge in [-0.15, -0.1) is 22.9 Å². The van der Waals surface area contributed by atoms with Gasteiger partial charge in [-0.25, -0.2) is 0 Å². The Hall–Kier alpha value is -1.53. The highest BCUT2D eigenvalue weighted by molar-refractivity contribution is 7.10. The molecule has 2 rings (SSSR count). The fraction of sp³-hybridized carbons (Fsp3) is 0.500. The SMILES string of the molecule is COc1ccsc1CN(C(=O)CCl)c1cn(CC(C)C)nc1C. The third kappa shape index (κ3) is 4.26. The minimum atomic E-state index is -0.144. The molecule has 0 aliphatic carbocycles. The molecule has 0 aliphatic heterocycles. The fourth-order valence-corrected chi connectivity index (χ4v) is 3.36. The second-order valence-electron chi connectivity index (χ2n) is 5.74. The van der Waals surface area contributed by atoms with Crippen molar-refractivity contribution in [1.29, 1.82) is 0 Å². The molecule has 0 atom stereocenters. The number of carbonyl (C=O) groups excluding carboxylic acids is 1. The number of thiophene rings is 1. The van der Waals surface area contributed by atoms with E-state index in [1.807, 2.05) is 29.2 Å². The molecular weight excluding hydrogens is 334 g/mol. The van der Waals surface area contributed by atoms with E-state index < -0.39 is 0 Å². The van der Waals surface area contributed by atoms with Crippen LogP contribution in [0, 0.1) is 12.8 Å². The molecule has 0 aromatic carbocycles. The van der Waals surface area contributed by atoms with Gasteiger partial charge in [-0.1, -0.05) is 13.8 Å². The zero-order chi connectivity index (χ0) is 17.0. The molecule has 5 nitrogen and oxygen atoms in total. The fourth-order valence-electron chi connectivity index (χ4n) is 2.39. The second-order valence-corrected chi connectivity index (χ2v) is 7.01. The molecule has 2 heterocycles. The van der Waals surface area contributed by atoms with Crippen molar-refractivity contribution in [3.8, 4) is 5.75 Å². The lowest BCUT2D eigenvalue weighted by atomic mass is 10.2. The Morgan fingerprint density at radius 3 is 2.87 bits per heavy atom. The topological polar surface area (TPSA) is 47.4 Å². The van der Waals surface area contributed by atoms with E-state index in [9.17, 15) is 4.79 Å². The van der Waals surface area contributed by atoms with Crippen LogP contribution in [-0.2, 0) is 17.9 Å². The standard InChI is InChI=1S/C16H22ClN3O2S/c1-11(2)8-19-9-13(12(3)18-19)20(16(21)7-17)10-15-14(22-4)5-6-23-15/h5-6,9,11H,7-8,10H2,1-4H3. The van der Waals surface area contributed by atoms with E-state index in [0.717, 1.165) is 28.6 Å². The van der Waals surface area contributed by atoms with Crippen molar-refractivity contribution in [2.75, 3.05) is 17.9 Å². The number of aryl methyl sites for hydroxylation is 1. The van der Waals surface area contributed by atoms with Crippen molar-refractivity contribution in [2.45, 2.75) is 33.9 Å². The number of methoxy groups -OCH3 is 1. The van der Waals surface area contributed by atoms with Gasteiger partial charge >= 0.3 is 0 Å². The van der Waals surface area contributed by atoms with Crippen molar-refractivity contribution in [1.82, 2.24) is 9.78 Å². The van der Waals surface area contributed by atoms with Crippen LogP contribution in [0.4, 0.5) is 5.69 Å². The minimum absolute atomic E-state index is 0.0670. The summed E-state index contributed by atoms with van der Waals surface area (Å²) >= 11 is 7.37. The number of carbonyl (C=O) groups is 1. The van der Waals surface area contributed by atoms with Gasteiger partial charge in [0.1, 0.15) is 11.6 Å². The molecule has 0 spiro atoms. The van der Waals surface area contributed by atoms with Crippen molar-refractivity contribution in [3.05, 3.63) is 28.2 Å². The number of ether oxygens (including phenoxy) is 1. The summed E-state index contributed by atoms with van der Waals surface area (Å²) in [7, 11) is 1.63. The van der Waals surface area contributed by atoms with Gasteiger partial charge in [0.2, 0.25) is 5.91 Å². The van der Waals surface area contributed by atoms with E-state index in [2.05, 4.69) is 18.9 Å². The maximum Gasteiger partial charge on any atom is 0.242 e. The van der Waals surface area contributed by atoms with Crippen LogP contribution < -0.4 is 9.64 Å². The molecule has 1 amide bonds. The molecule has 0 N–H and O–H groups in total. The highest BCUT2D eigenvalue weighted by Gasteiger charge is 2.22. The van der Waals surface area contributed by atoms with Crippen LogP contribution in [0.15, 0.2) is 17.6 Å². The Morgan fingerprint density at radius 2 is 2.26 bits per heavy atom. The molecule has 0 saturated carbocycles. The van der Waals surface area contributed by atoms with Crippen LogP contribution in [0.3, 0.4) is 0 Å². The molecule has 0 bridgehead atoms. The third-order valence-corrected chi connectivity index (χ3v) is 4.52. The summed E-state index contributed by atoms with van der Waals surface area (Å²) in [6.07, 6.45) is 1.92. The number of nitrogens with zero attached hydrogens (tertiary/aromatic N) is 3. The molecule has 0 saturated heterocycles. The normalized spacial score (nSPS) is 11.0. The van der Waals surface area contributed by atoms with Crippen LogP contribution in [-0.4, -0.2) is 28.7 Å². The van der Waals surface area contributed by atoms with Crippen LogP contribution in [0.5, 0.6) is 5.75 Å². The number of hydrogen-bond donors (Lipinski definition) is 0. The van der Waals surface area contributed by atoms with E-state index in [4.69, 9.17) is 16.3 Å². The first-order valence-electron chi connectivity index (χ1n) is 7.47. The van der Waals surface area contributed by atoms with Gasteiger partial charge in [0.05, 0.1) is 29.9 Å². The lowest BCUT2D eigenvalue weighted by Crippen LogP contribution is -2.31. The first kappa shape index (κ1) is 17.8. The Morgan fingerprint density at radius 1 is 1.52 bits per heavy atom. The zero-order valence-electron chi connectivity index (χ0n) is 13.9. The molecular formula is C16H22ClN3O2S. The van der Waals surface area contributed by atoms with Gasteiger partial charge in [0, 0.05) is 12.7 Å². The average molecular weight is 356 g/mol. The lowest BCUT2D eigenvalue weighted by molar-refractivity contribution is -0.116. The minimum Gasteiger partial charge on any atom is -0.496 e. The van der Waals surface area contributed by atoms with Crippen molar-refractivity contribution in [3.63, 3.8) is 0 Å². The van der Waals surface area contributed by atoms with Gasteiger partial charge in [-0.3, -0.25) is 9.48 Å². The van der Waals surface area contributed by atoms with Crippen LogP contribution in [0.25, 0.3) is 0 Å². The molecule has 0 radical (unpaired) electrons. The molecule has 0 unspecified atom stereocenters. The monoisotopic (exact) mass is 355 g/mol. The molecule has 2 aromatic heterocycles. The number of anilines is 1. The zero-order valence-corrected chi connectivity index (χ0v) is 15.4. The summed E-state index contributed by atoms with van der Waals surface area (Å²) in [6, 6.07) is 1.90. The maximum absolute atomic E-state index is 12.3. The molecule has 0 aliphatic rings. The van der Waals surface area contributed by atoms with E-state index >= 15 is 0 Å². The highest BCUT2D eigenvalue weighted by Crippen LogP contribution is 2.29. The lowest BCUT2D eigenvalue weighted by Gasteiger charge is -2.21. The predicted octanol–water partition coefficient (Wildman–Crippen LogP) is 3.69. The van der Waals surface area contributed by atoms with Gasteiger partial charge < -0.3 is 9.64 Å². The highest BCUT2D eigenvalue weighted by atomic mass is 35.5. The van der Waals surface area contributed by atoms with Gasteiger partial charge in [0.15, 0.2) is 0 Å². The van der Waals surface area contributed by atoms with Crippen molar-refractivity contribution >= 4 is 34.5 Å². The van der Waals surface area contributed by atoms with Crippen molar-refractivity contribution < 1.29 is 9.53 Å². The second kappa shape index (κ2) is 7.84. The summed E-state index contributed by atoms with van der Waals surface area (Å²) in [4.78, 5) is 15.0.